The number of hydrogen-bond acceptors (Lipinski definition) is 6. The summed E-state index contributed by atoms with van der Waals surface area (Å²) in [6.45, 7) is 5.93. The van der Waals surface area contributed by atoms with E-state index in [1.165, 1.54) is 0 Å². The summed E-state index contributed by atoms with van der Waals surface area (Å²) in [5.41, 5.74) is 2.84. The lowest BCUT2D eigenvalue weighted by atomic mass is 10.2. The van der Waals surface area contributed by atoms with E-state index in [-0.39, 0.29) is 37.5 Å². The highest BCUT2D eigenvalue weighted by Crippen LogP contribution is 2.19. The summed E-state index contributed by atoms with van der Waals surface area (Å²) in [6, 6.07) is 9.56. The van der Waals surface area contributed by atoms with Gasteiger partial charge in [0.15, 0.2) is 5.65 Å². The minimum Gasteiger partial charge on any atom is -0.465 e. The van der Waals surface area contributed by atoms with Gasteiger partial charge in [0.1, 0.15) is 17.8 Å². The third-order valence-electron chi connectivity index (χ3n) is 4.64. The van der Waals surface area contributed by atoms with E-state index in [1.807, 2.05) is 44.2 Å². The maximum absolute atomic E-state index is 13.0. The van der Waals surface area contributed by atoms with Crippen molar-refractivity contribution in [2.24, 2.45) is 0 Å². The van der Waals surface area contributed by atoms with Crippen LogP contribution in [0.15, 0.2) is 35.1 Å². The fourth-order valence-corrected chi connectivity index (χ4v) is 3.22. The number of carbonyl (C=O) groups excluding carboxylic acids is 2. The van der Waals surface area contributed by atoms with Gasteiger partial charge in [-0.05, 0) is 32.9 Å². The lowest BCUT2D eigenvalue weighted by Crippen LogP contribution is -2.32. The number of nitrogens with one attached hydrogen (secondary N) is 1. The molecule has 0 aliphatic rings. The molecule has 30 heavy (non-hydrogen) atoms. The first kappa shape index (κ1) is 21.2. The molecular weight excluding hydrogens is 386 g/mol. The summed E-state index contributed by atoms with van der Waals surface area (Å²) in [5.74, 6) is -0.841. The molecule has 0 aliphatic carbocycles. The molecule has 0 atom stereocenters. The first-order chi connectivity index (χ1) is 14.5. The molecule has 0 bridgehead atoms. The van der Waals surface area contributed by atoms with Gasteiger partial charge in [0.25, 0.3) is 5.56 Å². The molecule has 0 saturated carbocycles. The smallest absolute Gasteiger partial charge is 0.325 e. The molecule has 0 radical (unpaired) electrons. The number of benzene rings is 1. The maximum atomic E-state index is 13.0. The normalized spacial score (nSPS) is 10.9. The molecule has 0 aliphatic heterocycles. The molecule has 0 fully saturated rings. The van der Waals surface area contributed by atoms with Crippen LogP contribution in [0.2, 0.25) is 0 Å². The van der Waals surface area contributed by atoms with Crippen LogP contribution in [-0.4, -0.2) is 44.4 Å². The zero-order valence-electron chi connectivity index (χ0n) is 17.3. The standard InChI is InChI=1S/C21H25N5O4/c1-4-25-20-19(14(3)24-26(20)15-9-7-6-8-10-15)23-16(21(25)29)11-12-17(27)22-13-18(28)30-5-2/h6-10H,4-5,11-13H2,1-3H3,(H,22,27). The summed E-state index contributed by atoms with van der Waals surface area (Å²) in [5, 5.41) is 7.07. The second kappa shape index (κ2) is 9.34. The molecule has 0 spiro atoms. The van der Waals surface area contributed by atoms with Crippen LogP contribution in [0.3, 0.4) is 0 Å². The quantitative estimate of drug-likeness (QED) is 0.563. The number of esters is 1. The van der Waals surface area contributed by atoms with Gasteiger partial charge in [0.05, 0.1) is 18.0 Å². The Hall–Kier alpha value is -3.49. The Kier molecular flexibility index (Phi) is 6.61. The lowest BCUT2D eigenvalue weighted by molar-refractivity contribution is -0.143. The summed E-state index contributed by atoms with van der Waals surface area (Å²) >= 11 is 0. The molecule has 1 aromatic carbocycles. The van der Waals surface area contributed by atoms with Gasteiger partial charge in [0, 0.05) is 19.4 Å². The van der Waals surface area contributed by atoms with Crippen LogP contribution in [-0.2, 0) is 27.3 Å². The van der Waals surface area contributed by atoms with Crippen molar-refractivity contribution in [2.75, 3.05) is 13.2 Å². The van der Waals surface area contributed by atoms with Crippen molar-refractivity contribution in [1.29, 1.82) is 0 Å². The van der Waals surface area contributed by atoms with Crippen LogP contribution in [0.1, 0.15) is 31.7 Å². The molecule has 2 aromatic heterocycles. The van der Waals surface area contributed by atoms with Gasteiger partial charge in [-0.1, -0.05) is 18.2 Å². The van der Waals surface area contributed by atoms with E-state index in [2.05, 4.69) is 15.4 Å². The number of amides is 1. The van der Waals surface area contributed by atoms with Gasteiger partial charge >= 0.3 is 5.97 Å². The first-order valence-electron chi connectivity index (χ1n) is 9.93. The third kappa shape index (κ3) is 4.40. The fourth-order valence-electron chi connectivity index (χ4n) is 3.22. The monoisotopic (exact) mass is 411 g/mol. The van der Waals surface area contributed by atoms with Crippen LogP contribution in [0.5, 0.6) is 0 Å². The van der Waals surface area contributed by atoms with E-state index in [1.54, 1.807) is 16.2 Å². The molecule has 9 heteroatoms. The van der Waals surface area contributed by atoms with Crippen molar-refractivity contribution in [3.05, 3.63) is 52.1 Å². The van der Waals surface area contributed by atoms with Crippen LogP contribution in [0.25, 0.3) is 16.9 Å². The number of fused-ring (bicyclic) bond motifs is 1. The number of ether oxygens (including phenoxy) is 1. The predicted octanol–water partition coefficient (Wildman–Crippen LogP) is 1.52. The van der Waals surface area contributed by atoms with Crippen LogP contribution in [0.4, 0.5) is 0 Å². The summed E-state index contributed by atoms with van der Waals surface area (Å²) in [7, 11) is 0. The number of carbonyl (C=O) groups is 2. The topological polar surface area (TPSA) is 108 Å². The van der Waals surface area contributed by atoms with Gasteiger partial charge < -0.3 is 10.1 Å². The molecule has 0 saturated heterocycles. The third-order valence-corrected chi connectivity index (χ3v) is 4.64. The minimum atomic E-state index is -0.498. The van der Waals surface area contributed by atoms with Crippen LogP contribution >= 0.6 is 0 Å². The molecule has 3 aromatic rings. The molecule has 158 valence electrons. The van der Waals surface area contributed by atoms with Crippen molar-refractivity contribution in [3.8, 4) is 5.69 Å². The fraction of sp³-hybridized carbons (Fsp3) is 0.381. The Morgan fingerprint density at radius 3 is 2.57 bits per heavy atom. The van der Waals surface area contributed by atoms with Gasteiger partial charge in [-0.25, -0.2) is 9.67 Å². The molecule has 9 nitrogen and oxygen atoms in total. The van der Waals surface area contributed by atoms with Gasteiger partial charge in [-0.3, -0.25) is 19.0 Å². The maximum Gasteiger partial charge on any atom is 0.325 e. The lowest BCUT2D eigenvalue weighted by Gasteiger charge is -2.11. The second-order valence-corrected chi connectivity index (χ2v) is 6.69. The van der Waals surface area contributed by atoms with E-state index in [0.29, 0.717) is 29.1 Å². The summed E-state index contributed by atoms with van der Waals surface area (Å²) in [4.78, 5) is 41.0. The van der Waals surface area contributed by atoms with E-state index < -0.39 is 5.97 Å². The number of aromatic nitrogens is 4. The van der Waals surface area contributed by atoms with Crippen LogP contribution < -0.4 is 10.9 Å². The number of aryl methyl sites for hydroxylation is 3. The van der Waals surface area contributed by atoms with Crippen molar-refractivity contribution >= 4 is 23.0 Å². The SMILES string of the molecule is CCOC(=O)CNC(=O)CCc1nc2c(C)nn(-c3ccccc3)c2n(CC)c1=O. The zero-order valence-corrected chi connectivity index (χ0v) is 17.3. The first-order valence-corrected chi connectivity index (χ1v) is 9.93. The minimum absolute atomic E-state index is 0.0444. The van der Waals surface area contributed by atoms with Crippen molar-refractivity contribution in [1.82, 2.24) is 24.6 Å². The molecule has 2 heterocycles. The van der Waals surface area contributed by atoms with Crippen LogP contribution in [0, 0.1) is 6.92 Å². The molecular formula is C21H25N5O4. The Balaban J connectivity index is 1.88. The number of nitrogens with zero attached hydrogens (tertiary/aromatic N) is 4. The Morgan fingerprint density at radius 2 is 1.90 bits per heavy atom. The summed E-state index contributed by atoms with van der Waals surface area (Å²) in [6.07, 6.45) is 0.210. The average Bonchev–Trinajstić information content (AvgIpc) is 3.07. The van der Waals surface area contributed by atoms with Crippen molar-refractivity contribution in [3.63, 3.8) is 0 Å². The number of para-hydroxylation sites is 1. The number of hydrogen-bond donors (Lipinski definition) is 1. The highest BCUT2D eigenvalue weighted by atomic mass is 16.5. The summed E-state index contributed by atoms with van der Waals surface area (Å²) < 4.78 is 8.12. The van der Waals surface area contributed by atoms with E-state index in [0.717, 1.165) is 5.69 Å². The van der Waals surface area contributed by atoms with Crippen molar-refractivity contribution in [2.45, 2.75) is 40.2 Å². The predicted molar refractivity (Wildman–Crippen MR) is 111 cm³/mol. The van der Waals surface area contributed by atoms with Gasteiger partial charge in [-0.2, -0.15) is 5.10 Å². The Morgan fingerprint density at radius 1 is 1.17 bits per heavy atom. The average molecular weight is 411 g/mol. The van der Waals surface area contributed by atoms with Gasteiger partial charge in [0.2, 0.25) is 5.91 Å². The molecule has 1 N–H and O–H groups in total. The Bertz CT molecular complexity index is 1120. The second-order valence-electron chi connectivity index (χ2n) is 6.69. The highest BCUT2D eigenvalue weighted by Gasteiger charge is 2.19. The molecule has 0 unspecified atom stereocenters. The molecule has 3 rings (SSSR count). The number of rotatable bonds is 8. The van der Waals surface area contributed by atoms with E-state index >= 15 is 0 Å². The zero-order chi connectivity index (χ0) is 21.7. The van der Waals surface area contributed by atoms with Gasteiger partial charge in [-0.15, -0.1) is 0 Å². The Labute approximate surface area is 173 Å². The van der Waals surface area contributed by atoms with E-state index in [9.17, 15) is 14.4 Å². The van der Waals surface area contributed by atoms with E-state index in [4.69, 9.17) is 4.74 Å². The molecule has 1 amide bonds. The van der Waals surface area contributed by atoms with Crippen molar-refractivity contribution < 1.29 is 14.3 Å². The largest absolute Gasteiger partial charge is 0.465 e. The highest BCUT2D eigenvalue weighted by molar-refractivity contribution is 5.82.